The van der Waals surface area contributed by atoms with Crippen LogP contribution in [0.2, 0.25) is 0 Å². The fraction of sp³-hybridized carbons (Fsp3) is 0.0556. The zero-order chi connectivity index (χ0) is 19.1. The molecule has 2 amide bonds. The first-order valence-corrected chi connectivity index (χ1v) is 9.54. The second kappa shape index (κ2) is 6.67. The third-order valence-electron chi connectivity index (χ3n) is 4.07. The Hall–Kier alpha value is -2.91. The number of aromatic amines is 1. The largest absolute Gasteiger partial charge is 0.451 e. The predicted molar refractivity (Wildman–Crippen MR) is 107 cm³/mol. The number of aryl methyl sites for hydroxylation is 1. The molecule has 0 radical (unpaired) electrons. The Morgan fingerprint density at radius 3 is 2.89 bits per heavy atom. The molecule has 3 aromatic heterocycles. The first-order valence-electron chi connectivity index (χ1n) is 7.86. The summed E-state index contributed by atoms with van der Waals surface area (Å²) in [6.07, 6.45) is 1.64. The molecular formula is C18H13BrN4O3S. The Balaban J connectivity index is 1.58. The highest BCUT2D eigenvalue weighted by molar-refractivity contribution is 9.10. The van der Waals surface area contributed by atoms with Gasteiger partial charge in [0.15, 0.2) is 10.9 Å². The number of rotatable bonds is 4. The Labute approximate surface area is 165 Å². The number of thiazole rings is 1. The van der Waals surface area contributed by atoms with E-state index in [2.05, 4.69) is 31.2 Å². The highest BCUT2D eigenvalue weighted by Crippen LogP contribution is 2.30. The van der Waals surface area contributed by atoms with Gasteiger partial charge in [-0.25, -0.2) is 4.98 Å². The van der Waals surface area contributed by atoms with E-state index in [1.54, 1.807) is 17.6 Å². The standard InChI is InChI=1S/C18H13BrN4O3S/c1-8-11-5-10(19)2-3-14(11)26-15(8)17(25)23-18-22-13(7-27-18)9-4-12(16(20)24)21-6-9/h2-7,21H,1H3,(H2,20,24)(H,22,23,25). The molecule has 4 aromatic rings. The third-order valence-corrected chi connectivity index (χ3v) is 5.32. The van der Waals surface area contributed by atoms with Gasteiger partial charge < -0.3 is 15.1 Å². The molecule has 0 aliphatic heterocycles. The summed E-state index contributed by atoms with van der Waals surface area (Å²) in [6.45, 7) is 1.84. The van der Waals surface area contributed by atoms with Crippen LogP contribution in [0, 0.1) is 6.92 Å². The number of fused-ring (bicyclic) bond motifs is 1. The number of furan rings is 1. The first kappa shape index (κ1) is 17.5. The highest BCUT2D eigenvalue weighted by atomic mass is 79.9. The number of nitrogens with two attached hydrogens (primary N) is 1. The van der Waals surface area contributed by atoms with Crippen molar-refractivity contribution in [3.05, 3.63) is 57.3 Å². The van der Waals surface area contributed by atoms with E-state index in [1.165, 1.54) is 11.3 Å². The number of aromatic nitrogens is 2. The summed E-state index contributed by atoms with van der Waals surface area (Å²) < 4.78 is 6.61. The Bertz CT molecular complexity index is 1190. The van der Waals surface area contributed by atoms with Crippen molar-refractivity contribution in [2.75, 3.05) is 5.32 Å². The first-order chi connectivity index (χ1) is 12.9. The van der Waals surface area contributed by atoms with Crippen LogP contribution in [0.4, 0.5) is 5.13 Å². The van der Waals surface area contributed by atoms with Crippen LogP contribution < -0.4 is 11.1 Å². The van der Waals surface area contributed by atoms with Gasteiger partial charge in [0.1, 0.15) is 11.3 Å². The number of nitrogens with zero attached hydrogens (tertiary/aromatic N) is 1. The van der Waals surface area contributed by atoms with Crippen LogP contribution in [-0.4, -0.2) is 21.8 Å². The fourth-order valence-corrected chi connectivity index (χ4v) is 3.79. The molecule has 0 bridgehead atoms. The highest BCUT2D eigenvalue weighted by Gasteiger charge is 2.19. The monoisotopic (exact) mass is 444 g/mol. The summed E-state index contributed by atoms with van der Waals surface area (Å²) in [7, 11) is 0. The van der Waals surface area contributed by atoms with Crippen molar-refractivity contribution in [2.24, 2.45) is 5.73 Å². The molecule has 0 unspecified atom stereocenters. The zero-order valence-electron chi connectivity index (χ0n) is 14.0. The molecule has 0 saturated carbocycles. The average molecular weight is 445 g/mol. The molecule has 7 nitrogen and oxygen atoms in total. The van der Waals surface area contributed by atoms with Gasteiger partial charge in [-0.3, -0.25) is 14.9 Å². The topological polar surface area (TPSA) is 114 Å². The van der Waals surface area contributed by atoms with Gasteiger partial charge in [0.25, 0.3) is 11.8 Å². The zero-order valence-corrected chi connectivity index (χ0v) is 16.4. The molecule has 9 heteroatoms. The number of anilines is 1. The number of hydrogen-bond donors (Lipinski definition) is 3. The molecular weight excluding hydrogens is 432 g/mol. The van der Waals surface area contributed by atoms with Crippen molar-refractivity contribution in [1.29, 1.82) is 0 Å². The molecule has 0 aliphatic carbocycles. The van der Waals surface area contributed by atoms with E-state index in [1.807, 2.05) is 25.1 Å². The lowest BCUT2D eigenvalue weighted by atomic mass is 10.1. The van der Waals surface area contributed by atoms with Gasteiger partial charge in [-0.15, -0.1) is 11.3 Å². The van der Waals surface area contributed by atoms with Crippen molar-refractivity contribution >= 4 is 55.2 Å². The van der Waals surface area contributed by atoms with E-state index in [9.17, 15) is 9.59 Å². The second-order valence-electron chi connectivity index (χ2n) is 5.85. The van der Waals surface area contributed by atoms with Gasteiger partial charge in [-0.1, -0.05) is 15.9 Å². The molecule has 0 saturated heterocycles. The molecule has 0 spiro atoms. The average Bonchev–Trinajstić information content (AvgIpc) is 3.34. The summed E-state index contributed by atoms with van der Waals surface area (Å²) in [5.74, 6) is -0.665. The number of primary amides is 1. The lowest BCUT2D eigenvalue weighted by molar-refractivity contribution is 0.0989. The Morgan fingerprint density at radius 1 is 1.33 bits per heavy atom. The Morgan fingerprint density at radius 2 is 2.15 bits per heavy atom. The summed E-state index contributed by atoms with van der Waals surface area (Å²) in [6, 6.07) is 7.20. The quantitative estimate of drug-likeness (QED) is 0.434. The molecule has 0 fully saturated rings. The molecule has 3 heterocycles. The minimum absolute atomic E-state index is 0.248. The van der Waals surface area contributed by atoms with E-state index < -0.39 is 5.91 Å². The van der Waals surface area contributed by atoms with E-state index >= 15 is 0 Å². The van der Waals surface area contributed by atoms with Crippen molar-refractivity contribution in [3.63, 3.8) is 0 Å². The number of carbonyl (C=O) groups excluding carboxylic acids is 2. The third kappa shape index (κ3) is 3.26. The lowest BCUT2D eigenvalue weighted by Gasteiger charge is -1.99. The molecule has 1 aromatic carbocycles. The van der Waals surface area contributed by atoms with Gasteiger partial charge >= 0.3 is 0 Å². The molecule has 136 valence electrons. The van der Waals surface area contributed by atoms with Gasteiger partial charge in [0, 0.05) is 32.6 Å². The van der Waals surface area contributed by atoms with Gasteiger partial charge in [0.05, 0.1) is 5.69 Å². The van der Waals surface area contributed by atoms with Crippen LogP contribution >= 0.6 is 27.3 Å². The number of benzene rings is 1. The maximum atomic E-state index is 12.6. The summed E-state index contributed by atoms with van der Waals surface area (Å²) in [5.41, 5.74) is 8.29. The van der Waals surface area contributed by atoms with Crippen molar-refractivity contribution in [1.82, 2.24) is 9.97 Å². The molecule has 4 N–H and O–H groups in total. The summed E-state index contributed by atoms with van der Waals surface area (Å²) in [4.78, 5) is 31.0. The van der Waals surface area contributed by atoms with E-state index in [0.29, 0.717) is 27.7 Å². The Kier molecular flexibility index (Phi) is 4.33. The van der Waals surface area contributed by atoms with E-state index in [-0.39, 0.29) is 11.7 Å². The van der Waals surface area contributed by atoms with E-state index in [4.69, 9.17) is 10.2 Å². The van der Waals surface area contributed by atoms with Crippen molar-refractivity contribution in [2.45, 2.75) is 6.92 Å². The number of carbonyl (C=O) groups is 2. The summed E-state index contributed by atoms with van der Waals surface area (Å²) >= 11 is 4.70. The maximum Gasteiger partial charge on any atom is 0.293 e. The lowest BCUT2D eigenvalue weighted by Crippen LogP contribution is -2.11. The van der Waals surface area contributed by atoms with Crippen LogP contribution in [0.3, 0.4) is 0 Å². The number of nitrogens with one attached hydrogen (secondary N) is 2. The maximum absolute atomic E-state index is 12.6. The minimum atomic E-state index is -0.544. The second-order valence-corrected chi connectivity index (χ2v) is 7.63. The van der Waals surface area contributed by atoms with Crippen LogP contribution in [0.15, 0.2) is 44.7 Å². The number of hydrogen-bond acceptors (Lipinski definition) is 5. The SMILES string of the molecule is Cc1c(C(=O)Nc2nc(-c3c[nH]c(C(N)=O)c3)cs2)oc2ccc(Br)cc12. The number of amides is 2. The van der Waals surface area contributed by atoms with Crippen LogP contribution in [0.5, 0.6) is 0 Å². The van der Waals surface area contributed by atoms with Gasteiger partial charge in [-0.2, -0.15) is 0 Å². The molecule has 4 rings (SSSR count). The fourth-order valence-electron chi connectivity index (χ4n) is 2.71. The molecule has 0 aliphatic rings. The normalized spacial score (nSPS) is 11.0. The summed E-state index contributed by atoms with van der Waals surface area (Å²) in [5, 5.41) is 5.84. The smallest absolute Gasteiger partial charge is 0.293 e. The van der Waals surface area contributed by atoms with Crippen LogP contribution in [0.25, 0.3) is 22.2 Å². The predicted octanol–water partition coefficient (Wildman–Crippen LogP) is 4.31. The minimum Gasteiger partial charge on any atom is -0.451 e. The molecule has 27 heavy (non-hydrogen) atoms. The van der Waals surface area contributed by atoms with Crippen molar-refractivity contribution < 1.29 is 14.0 Å². The van der Waals surface area contributed by atoms with Crippen molar-refractivity contribution in [3.8, 4) is 11.3 Å². The van der Waals surface area contributed by atoms with Crippen LogP contribution in [-0.2, 0) is 0 Å². The van der Waals surface area contributed by atoms with Gasteiger partial charge in [-0.05, 0) is 31.2 Å². The van der Waals surface area contributed by atoms with E-state index in [0.717, 1.165) is 15.4 Å². The number of H-pyrrole nitrogens is 1. The van der Waals surface area contributed by atoms with Gasteiger partial charge in [0.2, 0.25) is 0 Å². The van der Waals surface area contributed by atoms with Crippen LogP contribution in [0.1, 0.15) is 26.6 Å². The number of halogens is 1. The molecule has 0 atom stereocenters.